The van der Waals surface area contributed by atoms with Crippen LogP contribution in [0.1, 0.15) is 31.4 Å². The topological polar surface area (TPSA) is 87.1 Å². The van der Waals surface area contributed by atoms with Crippen molar-refractivity contribution in [3.63, 3.8) is 0 Å². The Morgan fingerprint density at radius 2 is 1.90 bits per heavy atom. The summed E-state index contributed by atoms with van der Waals surface area (Å²) in [6.07, 6.45) is 0.937. The Hall–Kier alpha value is -2.24. The number of likely N-dealkylation sites (N-methyl/N-ethyl adjacent to an activating group) is 1. The highest BCUT2D eigenvalue weighted by Crippen LogP contribution is 2.22. The highest BCUT2D eigenvalue weighted by atomic mass is 16.6. The lowest BCUT2D eigenvalue weighted by molar-refractivity contribution is -0.142. The molecule has 0 aromatic heterocycles. The molecule has 1 rings (SSSR count). The summed E-state index contributed by atoms with van der Waals surface area (Å²) in [6, 6.07) is 4.53. The van der Waals surface area contributed by atoms with E-state index in [1.807, 2.05) is 6.92 Å². The van der Waals surface area contributed by atoms with Gasteiger partial charge >= 0.3 is 12.1 Å². The molecule has 0 aliphatic carbocycles. The van der Waals surface area contributed by atoms with E-state index in [1.165, 1.54) is 31.3 Å². The number of unbranched alkanes of at least 4 members (excludes halogenated alkanes) is 1. The fraction of sp³-hybridized carbons (Fsp3) is 0.429. The third kappa shape index (κ3) is 4.15. The summed E-state index contributed by atoms with van der Waals surface area (Å²) in [5.74, 6) is -1.13. The zero-order valence-corrected chi connectivity index (χ0v) is 11.6. The summed E-state index contributed by atoms with van der Waals surface area (Å²) in [4.78, 5) is 24.2. The maximum Gasteiger partial charge on any atom is 0.410 e. The zero-order chi connectivity index (χ0) is 15.1. The van der Waals surface area contributed by atoms with E-state index < -0.39 is 18.1 Å². The maximum atomic E-state index is 11.8. The number of amides is 1. The van der Waals surface area contributed by atoms with Crippen molar-refractivity contribution >= 4 is 12.1 Å². The number of hydrogen-bond donors (Lipinski definition) is 2. The number of hydrogen-bond acceptors (Lipinski definition) is 4. The molecule has 6 nitrogen and oxygen atoms in total. The molecule has 0 radical (unpaired) electrons. The van der Waals surface area contributed by atoms with Crippen LogP contribution >= 0.6 is 0 Å². The quantitative estimate of drug-likeness (QED) is 0.782. The van der Waals surface area contributed by atoms with Crippen molar-refractivity contribution < 1.29 is 24.5 Å². The lowest BCUT2D eigenvalue weighted by Crippen LogP contribution is -2.36. The molecule has 1 aromatic rings. The molecule has 0 saturated heterocycles. The second kappa shape index (κ2) is 7.37. The molecule has 0 aliphatic heterocycles. The number of carbonyl (C=O) groups excluding carboxylic acids is 1. The molecular weight excluding hydrogens is 262 g/mol. The predicted molar refractivity (Wildman–Crippen MR) is 72.5 cm³/mol. The molecule has 110 valence electrons. The van der Waals surface area contributed by atoms with E-state index in [4.69, 9.17) is 4.74 Å². The van der Waals surface area contributed by atoms with Crippen LogP contribution in [0, 0.1) is 0 Å². The summed E-state index contributed by atoms with van der Waals surface area (Å²) in [7, 11) is 1.37. The van der Waals surface area contributed by atoms with Gasteiger partial charge in [-0.2, -0.15) is 0 Å². The molecule has 0 heterocycles. The van der Waals surface area contributed by atoms with Gasteiger partial charge in [-0.1, -0.05) is 25.5 Å². The number of carbonyl (C=O) groups is 2. The molecule has 2 N–H and O–H groups in total. The van der Waals surface area contributed by atoms with Gasteiger partial charge in [0.25, 0.3) is 0 Å². The fourth-order valence-electron chi connectivity index (χ4n) is 1.70. The van der Waals surface area contributed by atoms with Gasteiger partial charge in [0.1, 0.15) is 5.75 Å². The zero-order valence-electron chi connectivity index (χ0n) is 11.6. The van der Waals surface area contributed by atoms with Crippen molar-refractivity contribution in [1.82, 2.24) is 4.90 Å². The van der Waals surface area contributed by atoms with Gasteiger partial charge in [-0.15, -0.1) is 0 Å². The van der Waals surface area contributed by atoms with E-state index in [2.05, 4.69) is 0 Å². The van der Waals surface area contributed by atoms with Gasteiger partial charge in [-0.3, -0.25) is 4.90 Å². The van der Waals surface area contributed by atoms with Crippen LogP contribution in [-0.4, -0.2) is 40.8 Å². The molecule has 0 saturated carbocycles. The highest BCUT2D eigenvalue weighted by Gasteiger charge is 2.29. The summed E-state index contributed by atoms with van der Waals surface area (Å²) < 4.78 is 4.99. The Morgan fingerprint density at radius 3 is 2.40 bits per heavy atom. The van der Waals surface area contributed by atoms with Gasteiger partial charge in [-0.25, -0.2) is 9.59 Å². The van der Waals surface area contributed by atoms with Crippen molar-refractivity contribution in [2.45, 2.75) is 25.8 Å². The largest absolute Gasteiger partial charge is 0.508 e. The van der Waals surface area contributed by atoms with Crippen molar-refractivity contribution in [3.05, 3.63) is 29.8 Å². The van der Waals surface area contributed by atoms with E-state index in [0.29, 0.717) is 5.56 Å². The van der Waals surface area contributed by atoms with Gasteiger partial charge < -0.3 is 14.9 Å². The first-order chi connectivity index (χ1) is 9.47. The van der Waals surface area contributed by atoms with Crippen molar-refractivity contribution in [2.24, 2.45) is 0 Å². The van der Waals surface area contributed by atoms with Gasteiger partial charge in [0, 0.05) is 7.05 Å². The lowest BCUT2D eigenvalue weighted by atomic mass is 10.1. The molecule has 1 aromatic carbocycles. The number of benzene rings is 1. The summed E-state index contributed by atoms with van der Waals surface area (Å²) in [6.45, 7) is 2.23. The smallest absolute Gasteiger partial charge is 0.410 e. The minimum atomic E-state index is -1.16. The third-order valence-electron chi connectivity index (χ3n) is 2.84. The number of aliphatic carboxylic acids is 1. The predicted octanol–water partition coefficient (Wildman–Crippen LogP) is 2.39. The van der Waals surface area contributed by atoms with Crippen LogP contribution < -0.4 is 0 Å². The van der Waals surface area contributed by atoms with Gasteiger partial charge in [0.15, 0.2) is 6.04 Å². The molecule has 0 bridgehead atoms. The number of rotatable bonds is 6. The van der Waals surface area contributed by atoms with Gasteiger partial charge in [0.2, 0.25) is 0 Å². The molecule has 6 heteroatoms. The normalized spacial score (nSPS) is 11.7. The van der Waals surface area contributed by atoms with Crippen molar-refractivity contribution in [1.29, 1.82) is 0 Å². The first kappa shape index (κ1) is 15.8. The molecule has 0 fully saturated rings. The highest BCUT2D eigenvalue weighted by molar-refractivity contribution is 5.81. The third-order valence-corrected chi connectivity index (χ3v) is 2.84. The SMILES string of the molecule is CCCCOC(=O)N(C)C(C(=O)O)c1ccc(O)cc1. The molecule has 0 spiro atoms. The Kier molecular flexibility index (Phi) is 5.83. The Labute approximate surface area is 117 Å². The molecule has 20 heavy (non-hydrogen) atoms. The molecule has 1 unspecified atom stereocenters. The summed E-state index contributed by atoms with van der Waals surface area (Å²) >= 11 is 0. The summed E-state index contributed by atoms with van der Waals surface area (Å²) in [5, 5.41) is 18.5. The van der Waals surface area contributed by atoms with Crippen LogP contribution in [-0.2, 0) is 9.53 Å². The fourth-order valence-corrected chi connectivity index (χ4v) is 1.70. The molecular formula is C14H19NO5. The van der Waals surface area contributed by atoms with Crippen LogP contribution in [0.15, 0.2) is 24.3 Å². The average molecular weight is 281 g/mol. The van der Waals surface area contributed by atoms with Crippen LogP contribution in [0.5, 0.6) is 5.75 Å². The standard InChI is InChI=1S/C14H19NO5/c1-3-4-9-20-14(19)15(2)12(13(17)18)10-5-7-11(16)8-6-10/h5-8,12,16H,3-4,9H2,1-2H3,(H,17,18). The monoisotopic (exact) mass is 281 g/mol. The minimum Gasteiger partial charge on any atom is -0.508 e. The van der Waals surface area contributed by atoms with Gasteiger partial charge in [-0.05, 0) is 24.1 Å². The first-order valence-corrected chi connectivity index (χ1v) is 6.38. The Morgan fingerprint density at radius 1 is 1.30 bits per heavy atom. The minimum absolute atomic E-state index is 0.0334. The second-order valence-corrected chi connectivity index (χ2v) is 4.41. The number of carboxylic acids is 1. The lowest BCUT2D eigenvalue weighted by Gasteiger charge is -2.24. The van der Waals surface area contributed by atoms with E-state index in [1.54, 1.807) is 0 Å². The number of phenols is 1. The number of phenolic OH excluding ortho intramolecular Hbond substituents is 1. The Balaban J connectivity index is 2.82. The number of ether oxygens (including phenoxy) is 1. The van der Waals surface area contributed by atoms with E-state index in [-0.39, 0.29) is 12.4 Å². The van der Waals surface area contributed by atoms with E-state index in [0.717, 1.165) is 17.7 Å². The number of aromatic hydroxyl groups is 1. The summed E-state index contributed by atoms with van der Waals surface area (Å²) in [5.41, 5.74) is 0.394. The van der Waals surface area contributed by atoms with Crippen LogP contribution in [0.4, 0.5) is 4.79 Å². The van der Waals surface area contributed by atoms with Crippen LogP contribution in [0.3, 0.4) is 0 Å². The molecule has 0 aliphatic rings. The maximum absolute atomic E-state index is 11.8. The Bertz CT molecular complexity index is 457. The van der Waals surface area contributed by atoms with E-state index in [9.17, 15) is 19.8 Å². The van der Waals surface area contributed by atoms with Crippen molar-refractivity contribution in [3.8, 4) is 5.75 Å². The number of carboxylic acid groups (broad SMARTS) is 1. The molecule has 1 atom stereocenters. The average Bonchev–Trinajstić information content (AvgIpc) is 2.41. The van der Waals surface area contributed by atoms with Crippen LogP contribution in [0.2, 0.25) is 0 Å². The first-order valence-electron chi connectivity index (χ1n) is 6.38. The molecule has 1 amide bonds. The second-order valence-electron chi connectivity index (χ2n) is 4.41. The van der Waals surface area contributed by atoms with Crippen LogP contribution in [0.25, 0.3) is 0 Å². The van der Waals surface area contributed by atoms with E-state index >= 15 is 0 Å². The van der Waals surface area contributed by atoms with Crippen molar-refractivity contribution in [2.75, 3.05) is 13.7 Å². The number of nitrogens with zero attached hydrogens (tertiary/aromatic N) is 1. The van der Waals surface area contributed by atoms with Gasteiger partial charge in [0.05, 0.1) is 6.61 Å².